The molecule has 42 heavy (non-hydrogen) atoms. The first-order valence-electron chi connectivity index (χ1n) is 15.0. The average Bonchev–Trinajstić information content (AvgIpc) is 3.47. The molecule has 2 heterocycles. The summed E-state index contributed by atoms with van der Waals surface area (Å²) in [6.07, 6.45) is 6.71. The summed E-state index contributed by atoms with van der Waals surface area (Å²) in [6.45, 7) is 2.18. The van der Waals surface area contributed by atoms with E-state index in [1.165, 1.54) is 37.8 Å². The first-order valence-corrected chi connectivity index (χ1v) is 15.0. The molecular weight excluding hydrogens is 546 g/mol. The van der Waals surface area contributed by atoms with Crippen molar-refractivity contribution in [2.75, 3.05) is 0 Å². The highest BCUT2D eigenvalue weighted by Gasteiger charge is 2.60. The molecule has 2 aromatic rings. The Hall–Kier alpha value is -3.62. The number of esters is 4. The van der Waals surface area contributed by atoms with Crippen LogP contribution in [0.5, 0.6) is 5.75 Å². The molecule has 5 atom stereocenters. The number of carbonyl (C=O) groups is 4. The van der Waals surface area contributed by atoms with Crippen LogP contribution in [0.3, 0.4) is 0 Å². The molecule has 0 bridgehead atoms. The Bertz CT molecular complexity index is 1410. The van der Waals surface area contributed by atoms with Crippen molar-refractivity contribution in [3.8, 4) is 5.75 Å². The van der Waals surface area contributed by atoms with E-state index in [-0.39, 0.29) is 12.3 Å². The van der Waals surface area contributed by atoms with Crippen molar-refractivity contribution in [2.24, 2.45) is 17.8 Å². The summed E-state index contributed by atoms with van der Waals surface area (Å²) in [7, 11) is 0. The van der Waals surface area contributed by atoms with E-state index in [2.05, 4.69) is 6.92 Å². The number of hydrogen-bond donors (Lipinski definition) is 0. The van der Waals surface area contributed by atoms with E-state index in [0.29, 0.717) is 22.6 Å². The van der Waals surface area contributed by atoms with Gasteiger partial charge in [0.25, 0.3) is 0 Å². The quantitative estimate of drug-likeness (QED) is 0.207. The van der Waals surface area contributed by atoms with Gasteiger partial charge in [0.1, 0.15) is 12.0 Å². The molecule has 5 unspecified atom stereocenters. The van der Waals surface area contributed by atoms with Crippen molar-refractivity contribution in [1.82, 2.24) is 0 Å². The molecule has 2 aliphatic heterocycles. The maximum atomic E-state index is 15.7. The smallest absolute Gasteiger partial charge is 0.322 e. The van der Waals surface area contributed by atoms with Crippen LogP contribution < -0.4 is 4.74 Å². The van der Waals surface area contributed by atoms with Crippen molar-refractivity contribution in [3.05, 3.63) is 64.7 Å². The van der Waals surface area contributed by atoms with Crippen LogP contribution in [-0.2, 0) is 28.7 Å². The third kappa shape index (κ3) is 5.01. The Balaban J connectivity index is 1.31. The summed E-state index contributed by atoms with van der Waals surface area (Å²) in [4.78, 5) is 50.6. The van der Waals surface area contributed by atoms with E-state index in [4.69, 9.17) is 14.2 Å². The van der Waals surface area contributed by atoms with Crippen molar-refractivity contribution in [3.63, 3.8) is 0 Å². The third-order valence-corrected chi connectivity index (χ3v) is 9.66. The van der Waals surface area contributed by atoms with Gasteiger partial charge in [-0.1, -0.05) is 62.9 Å². The predicted octanol–water partition coefficient (Wildman–Crippen LogP) is 6.24. The monoisotopic (exact) mass is 580 g/mol. The lowest BCUT2D eigenvalue weighted by Gasteiger charge is -2.40. The Kier molecular flexibility index (Phi) is 7.85. The van der Waals surface area contributed by atoms with Crippen molar-refractivity contribution in [1.29, 1.82) is 0 Å². The molecule has 3 fully saturated rings. The van der Waals surface area contributed by atoms with E-state index in [0.717, 1.165) is 25.7 Å². The fourth-order valence-corrected chi connectivity index (χ4v) is 7.56. The van der Waals surface area contributed by atoms with Crippen LogP contribution in [0.4, 0.5) is 8.78 Å². The molecule has 0 spiro atoms. The highest BCUT2D eigenvalue weighted by atomic mass is 19.2. The lowest BCUT2D eigenvalue weighted by Crippen LogP contribution is -2.46. The zero-order chi connectivity index (χ0) is 29.5. The number of carbonyl (C=O) groups excluding carboxylic acids is 4. The fraction of sp³-hybridized carbons (Fsp3) is 0.515. The van der Waals surface area contributed by atoms with Crippen LogP contribution in [0.15, 0.2) is 36.4 Å². The summed E-state index contributed by atoms with van der Waals surface area (Å²) >= 11 is 0. The largest absolute Gasteiger partial charge is 0.486 e. The van der Waals surface area contributed by atoms with Gasteiger partial charge in [0.2, 0.25) is 5.82 Å². The summed E-state index contributed by atoms with van der Waals surface area (Å²) in [6, 6.07) is 9.61. The molecule has 2 saturated heterocycles. The third-order valence-electron chi connectivity index (χ3n) is 9.66. The van der Waals surface area contributed by atoms with Gasteiger partial charge in [-0.2, -0.15) is 4.39 Å². The highest BCUT2D eigenvalue weighted by molar-refractivity contribution is 6.01. The van der Waals surface area contributed by atoms with E-state index in [1.54, 1.807) is 24.3 Å². The van der Waals surface area contributed by atoms with Gasteiger partial charge in [-0.05, 0) is 60.3 Å². The molecule has 0 amide bonds. The van der Waals surface area contributed by atoms with E-state index in [9.17, 15) is 19.2 Å². The second-order valence-electron chi connectivity index (χ2n) is 12.1. The minimum atomic E-state index is -1.29. The maximum Gasteiger partial charge on any atom is 0.322 e. The number of ether oxygens (including phenoxy) is 3. The Morgan fingerprint density at radius 1 is 0.786 bits per heavy atom. The molecule has 2 aliphatic carbocycles. The van der Waals surface area contributed by atoms with Gasteiger partial charge in [-0.15, -0.1) is 0 Å². The molecule has 222 valence electrons. The van der Waals surface area contributed by atoms with Crippen molar-refractivity contribution >= 4 is 23.9 Å². The van der Waals surface area contributed by atoms with Crippen molar-refractivity contribution < 1.29 is 42.2 Å². The summed E-state index contributed by atoms with van der Waals surface area (Å²) < 4.78 is 47.1. The maximum absolute atomic E-state index is 15.7. The first kappa shape index (κ1) is 28.5. The standard InChI is InChI=1S/C33H34F2O7/c1-2-3-4-7-17-10-12-18(13-11-17)19-14-15-23(29(35)28(19)34)40-30-25(22-16-24(36)41-31(22)37)20-8-5-6-9-21(20)26-27(30)33(39)42-32(26)38/h5-6,8-9,14-15,17-18,22,25-27,30H,2-4,7,10-13,16H2,1H3. The molecule has 1 saturated carbocycles. The lowest BCUT2D eigenvalue weighted by molar-refractivity contribution is -0.156. The molecule has 0 N–H and O–H groups in total. The Morgan fingerprint density at radius 3 is 2.21 bits per heavy atom. The molecule has 0 aromatic heterocycles. The van der Waals surface area contributed by atoms with Gasteiger partial charge >= 0.3 is 23.9 Å². The van der Waals surface area contributed by atoms with E-state index < -0.39 is 71.0 Å². The molecule has 2 aromatic carbocycles. The fourth-order valence-electron chi connectivity index (χ4n) is 7.56. The number of unbranched alkanes of at least 4 members (excludes halogenated alkanes) is 2. The zero-order valence-corrected chi connectivity index (χ0v) is 23.5. The summed E-state index contributed by atoms with van der Waals surface area (Å²) in [5.41, 5.74) is 1.28. The van der Waals surface area contributed by atoms with Crippen LogP contribution in [0.25, 0.3) is 0 Å². The molecule has 7 nitrogen and oxygen atoms in total. The Labute approximate surface area is 242 Å². The number of benzene rings is 2. The SMILES string of the molecule is CCCCCC1CCC(c2ccc(OC3C4C(=O)OC(=O)C4c4ccccc4C3C3CC(=O)OC3=O)c(F)c2F)CC1. The van der Waals surface area contributed by atoms with Gasteiger partial charge in [0.05, 0.1) is 18.3 Å². The summed E-state index contributed by atoms with van der Waals surface area (Å²) in [5, 5.41) is 0. The van der Waals surface area contributed by atoms with Crippen molar-refractivity contribution in [2.45, 2.75) is 88.6 Å². The van der Waals surface area contributed by atoms with Gasteiger partial charge in [-0.3, -0.25) is 19.2 Å². The molecule has 4 aliphatic rings. The number of rotatable bonds is 8. The van der Waals surface area contributed by atoms with Crippen LogP contribution in [0.1, 0.15) is 99.2 Å². The molecular formula is C33H34F2O7. The number of fused-ring (bicyclic) bond motifs is 3. The average molecular weight is 581 g/mol. The lowest BCUT2D eigenvalue weighted by atomic mass is 9.65. The second-order valence-corrected chi connectivity index (χ2v) is 12.1. The van der Waals surface area contributed by atoms with Crippen LogP contribution >= 0.6 is 0 Å². The van der Waals surface area contributed by atoms with E-state index >= 15 is 8.78 Å². The van der Waals surface area contributed by atoms with Gasteiger partial charge in [-0.25, -0.2) is 4.39 Å². The topological polar surface area (TPSA) is 96.0 Å². The van der Waals surface area contributed by atoms with Gasteiger partial charge in [0, 0.05) is 5.92 Å². The van der Waals surface area contributed by atoms with Gasteiger partial charge in [0.15, 0.2) is 11.6 Å². The van der Waals surface area contributed by atoms with Crippen LogP contribution in [-0.4, -0.2) is 30.0 Å². The molecule has 0 radical (unpaired) electrons. The molecule has 6 rings (SSSR count). The van der Waals surface area contributed by atoms with Gasteiger partial charge < -0.3 is 14.2 Å². The number of halogens is 2. The second kappa shape index (κ2) is 11.6. The van der Waals surface area contributed by atoms with E-state index in [1.807, 2.05) is 0 Å². The normalized spacial score (nSPS) is 30.5. The minimum absolute atomic E-state index is 0.101. The van der Waals surface area contributed by atoms with Crippen LogP contribution in [0.2, 0.25) is 0 Å². The molecule has 9 heteroatoms. The first-order chi connectivity index (χ1) is 20.3. The number of cyclic esters (lactones) is 4. The Morgan fingerprint density at radius 2 is 1.52 bits per heavy atom. The number of hydrogen-bond acceptors (Lipinski definition) is 7. The predicted molar refractivity (Wildman–Crippen MR) is 145 cm³/mol. The zero-order valence-electron chi connectivity index (χ0n) is 23.5. The minimum Gasteiger partial charge on any atom is -0.486 e. The highest BCUT2D eigenvalue weighted by Crippen LogP contribution is 2.52. The summed E-state index contributed by atoms with van der Waals surface area (Å²) in [5.74, 6) is -9.49. The van der Waals surface area contributed by atoms with Crippen LogP contribution in [0, 0.1) is 29.4 Å².